The summed E-state index contributed by atoms with van der Waals surface area (Å²) >= 11 is 0. The van der Waals surface area contributed by atoms with Gasteiger partial charge in [-0.2, -0.15) is 0 Å². The van der Waals surface area contributed by atoms with E-state index in [-0.39, 0.29) is 23.7 Å². The zero-order valence-corrected chi connectivity index (χ0v) is 13.7. The number of nitrogens with zero attached hydrogens (tertiary/aromatic N) is 1. The second-order valence-corrected chi connectivity index (χ2v) is 6.10. The predicted octanol–water partition coefficient (Wildman–Crippen LogP) is 2.68. The molecule has 25 heavy (non-hydrogen) atoms. The van der Waals surface area contributed by atoms with Crippen LogP contribution in [0.25, 0.3) is 0 Å². The first-order chi connectivity index (χ1) is 12.1. The predicted molar refractivity (Wildman–Crippen MR) is 93.5 cm³/mol. The Labute approximate surface area is 145 Å². The Bertz CT molecular complexity index is 734. The van der Waals surface area contributed by atoms with E-state index >= 15 is 0 Å². The van der Waals surface area contributed by atoms with E-state index in [1.54, 1.807) is 17.0 Å². The number of hydrogen-bond acceptors (Lipinski definition) is 2. The quantitative estimate of drug-likeness (QED) is 0.878. The number of nitrogens with one attached hydrogen (secondary N) is 2. The van der Waals surface area contributed by atoms with Crippen LogP contribution in [0.5, 0.6) is 0 Å². The molecule has 5 nitrogen and oxygen atoms in total. The van der Waals surface area contributed by atoms with Gasteiger partial charge in [-0.1, -0.05) is 30.3 Å². The van der Waals surface area contributed by atoms with E-state index < -0.39 is 0 Å². The van der Waals surface area contributed by atoms with Gasteiger partial charge in [-0.05, 0) is 29.8 Å². The normalized spacial score (nSPS) is 16.8. The third-order valence-electron chi connectivity index (χ3n) is 4.19. The second kappa shape index (κ2) is 7.79. The molecule has 6 heteroatoms. The van der Waals surface area contributed by atoms with Crippen LogP contribution in [-0.2, 0) is 11.3 Å². The smallest absolute Gasteiger partial charge is 0.315 e. The monoisotopic (exact) mass is 341 g/mol. The molecule has 2 aromatic rings. The molecule has 1 fully saturated rings. The van der Waals surface area contributed by atoms with Crippen molar-refractivity contribution in [1.82, 2.24) is 10.6 Å². The number of carbonyl (C=O) groups is 2. The number of benzene rings is 2. The van der Waals surface area contributed by atoms with E-state index in [0.29, 0.717) is 31.7 Å². The molecule has 2 aromatic carbocycles. The zero-order chi connectivity index (χ0) is 17.6. The number of rotatable bonds is 5. The standard InChI is InChI=1S/C19H20FN3O2/c20-16-6-8-17(9-7-16)23-13-15(10-18(23)24)12-22-19(25)21-11-14-4-2-1-3-5-14/h1-9,15H,10-13H2,(H2,21,22,25)/t15-/m1/s1. The van der Waals surface area contributed by atoms with Gasteiger partial charge in [0.05, 0.1) is 0 Å². The summed E-state index contributed by atoms with van der Waals surface area (Å²) in [5.41, 5.74) is 1.71. The highest BCUT2D eigenvalue weighted by Gasteiger charge is 2.30. The lowest BCUT2D eigenvalue weighted by Crippen LogP contribution is -2.38. The van der Waals surface area contributed by atoms with Crippen LogP contribution < -0.4 is 15.5 Å². The van der Waals surface area contributed by atoms with Crippen molar-refractivity contribution in [2.45, 2.75) is 13.0 Å². The van der Waals surface area contributed by atoms with Crippen molar-refractivity contribution in [2.75, 3.05) is 18.0 Å². The Morgan fingerprint density at radius 2 is 1.80 bits per heavy atom. The van der Waals surface area contributed by atoms with E-state index in [4.69, 9.17) is 0 Å². The maximum Gasteiger partial charge on any atom is 0.315 e. The summed E-state index contributed by atoms with van der Waals surface area (Å²) in [5, 5.41) is 5.60. The molecule has 1 aliphatic rings. The number of hydrogen-bond donors (Lipinski definition) is 2. The van der Waals surface area contributed by atoms with E-state index in [2.05, 4.69) is 10.6 Å². The zero-order valence-electron chi connectivity index (χ0n) is 13.7. The van der Waals surface area contributed by atoms with Crippen LogP contribution in [0.15, 0.2) is 54.6 Å². The van der Waals surface area contributed by atoms with E-state index in [1.165, 1.54) is 12.1 Å². The maximum absolute atomic E-state index is 13.0. The summed E-state index contributed by atoms with van der Waals surface area (Å²) in [5.74, 6) is -0.299. The summed E-state index contributed by atoms with van der Waals surface area (Å²) in [6.45, 7) is 1.39. The lowest BCUT2D eigenvalue weighted by Gasteiger charge is -2.17. The van der Waals surface area contributed by atoms with Crippen molar-refractivity contribution < 1.29 is 14.0 Å². The highest BCUT2D eigenvalue weighted by molar-refractivity contribution is 5.95. The number of amides is 3. The Morgan fingerprint density at radius 1 is 1.08 bits per heavy atom. The van der Waals surface area contributed by atoms with Gasteiger partial charge in [-0.3, -0.25) is 4.79 Å². The average Bonchev–Trinajstić information content (AvgIpc) is 3.00. The van der Waals surface area contributed by atoms with Crippen molar-refractivity contribution in [1.29, 1.82) is 0 Å². The van der Waals surface area contributed by atoms with E-state index in [1.807, 2.05) is 30.3 Å². The number of halogens is 1. The van der Waals surface area contributed by atoms with Crippen LogP contribution in [0.3, 0.4) is 0 Å². The highest BCUT2D eigenvalue weighted by Crippen LogP contribution is 2.24. The van der Waals surface area contributed by atoms with E-state index in [0.717, 1.165) is 5.56 Å². The van der Waals surface area contributed by atoms with Crippen LogP contribution in [0.2, 0.25) is 0 Å². The molecule has 0 radical (unpaired) electrons. The molecule has 3 rings (SSSR count). The molecule has 1 aliphatic heterocycles. The van der Waals surface area contributed by atoms with Crippen LogP contribution in [0.4, 0.5) is 14.9 Å². The minimum atomic E-state index is -0.330. The molecule has 1 saturated heterocycles. The fourth-order valence-corrected chi connectivity index (χ4v) is 2.87. The van der Waals surface area contributed by atoms with Crippen molar-refractivity contribution in [3.05, 3.63) is 66.0 Å². The van der Waals surface area contributed by atoms with Gasteiger partial charge in [0.2, 0.25) is 5.91 Å². The van der Waals surface area contributed by atoms with Gasteiger partial charge in [0.15, 0.2) is 0 Å². The third-order valence-corrected chi connectivity index (χ3v) is 4.19. The molecule has 3 amide bonds. The first kappa shape index (κ1) is 17.0. The topological polar surface area (TPSA) is 61.4 Å². The van der Waals surface area contributed by atoms with Gasteiger partial charge >= 0.3 is 6.03 Å². The lowest BCUT2D eigenvalue weighted by atomic mass is 10.1. The molecule has 1 atom stereocenters. The van der Waals surface area contributed by atoms with Gasteiger partial charge in [-0.15, -0.1) is 0 Å². The van der Waals surface area contributed by atoms with Crippen molar-refractivity contribution in [3.8, 4) is 0 Å². The minimum Gasteiger partial charge on any atom is -0.338 e. The third kappa shape index (κ3) is 4.56. The molecule has 0 spiro atoms. The minimum absolute atomic E-state index is 0.0110. The Kier molecular flexibility index (Phi) is 5.28. The largest absolute Gasteiger partial charge is 0.338 e. The molecule has 1 heterocycles. The summed E-state index contributed by atoms with van der Waals surface area (Å²) in [4.78, 5) is 25.6. The molecule has 2 N–H and O–H groups in total. The molecule has 130 valence electrons. The lowest BCUT2D eigenvalue weighted by molar-refractivity contribution is -0.117. The maximum atomic E-state index is 13.0. The fourth-order valence-electron chi connectivity index (χ4n) is 2.87. The number of carbonyl (C=O) groups excluding carboxylic acids is 2. The molecular formula is C19H20FN3O2. The first-order valence-electron chi connectivity index (χ1n) is 8.23. The molecule has 0 unspecified atom stereocenters. The van der Waals surface area contributed by atoms with Crippen LogP contribution in [0.1, 0.15) is 12.0 Å². The summed E-state index contributed by atoms with van der Waals surface area (Å²) in [7, 11) is 0. The Balaban J connectivity index is 1.45. The van der Waals surface area contributed by atoms with Crippen molar-refractivity contribution >= 4 is 17.6 Å². The van der Waals surface area contributed by atoms with Crippen molar-refractivity contribution in [2.24, 2.45) is 5.92 Å². The van der Waals surface area contributed by atoms with Gasteiger partial charge in [-0.25, -0.2) is 9.18 Å². The van der Waals surface area contributed by atoms with Gasteiger partial charge in [0, 0.05) is 37.7 Å². The molecule has 0 saturated carbocycles. The Morgan fingerprint density at radius 3 is 2.52 bits per heavy atom. The average molecular weight is 341 g/mol. The Hall–Kier alpha value is -2.89. The second-order valence-electron chi connectivity index (χ2n) is 6.10. The van der Waals surface area contributed by atoms with Crippen molar-refractivity contribution in [3.63, 3.8) is 0 Å². The number of urea groups is 1. The van der Waals surface area contributed by atoms with E-state index in [9.17, 15) is 14.0 Å². The molecular weight excluding hydrogens is 321 g/mol. The van der Waals surface area contributed by atoms with Gasteiger partial charge in [0.1, 0.15) is 5.82 Å². The van der Waals surface area contributed by atoms with Crippen LogP contribution in [-0.4, -0.2) is 25.0 Å². The molecule has 0 bridgehead atoms. The van der Waals surface area contributed by atoms with Gasteiger partial charge < -0.3 is 15.5 Å². The summed E-state index contributed by atoms with van der Waals surface area (Å²) < 4.78 is 13.0. The highest BCUT2D eigenvalue weighted by atomic mass is 19.1. The molecule has 0 aliphatic carbocycles. The molecule has 0 aromatic heterocycles. The number of anilines is 1. The first-order valence-corrected chi connectivity index (χ1v) is 8.23. The summed E-state index contributed by atoms with van der Waals surface area (Å²) in [6.07, 6.45) is 0.371. The SMILES string of the molecule is O=C(NCc1ccccc1)NC[C@H]1CC(=O)N(c2ccc(F)cc2)C1. The van der Waals surface area contributed by atoms with Crippen LogP contribution in [0, 0.1) is 11.7 Å². The fraction of sp³-hybridized carbons (Fsp3) is 0.263. The van der Waals surface area contributed by atoms with Crippen LogP contribution >= 0.6 is 0 Å². The van der Waals surface area contributed by atoms with Gasteiger partial charge in [0.25, 0.3) is 0 Å². The summed E-state index contributed by atoms with van der Waals surface area (Å²) in [6, 6.07) is 15.3.